The SMILES string of the molecule is N=C1C=CC(c2ccc3c(-c4ccc5ccccc5c4)c4ccccc4c(-c4ccc5ccccc5c4)c3c2)=CC1=N.Nc1ccc(-c2ccc(-c3cccnc3)c3ccccc23)cc1. The molecule has 0 aliphatic heterocycles. The zero-order chi connectivity index (χ0) is 43.9. The van der Waals surface area contributed by atoms with Crippen LogP contribution in [0.2, 0.25) is 0 Å². The van der Waals surface area contributed by atoms with Crippen LogP contribution < -0.4 is 5.73 Å². The third-order valence-corrected chi connectivity index (χ3v) is 12.6. The van der Waals surface area contributed by atoms with Crippen molar-refractivity contribution in [3.63, 3.8) is 0 Å². The van der Waals surface area contributed by atoms with Crippen LogP contribution in [-0.4, -0.2) is 16.4 Å². The molecule has 4 nitrogen and oxygen atoms in total. The number of hydrogen-bond donors (Lipinski definition) is 3. The second kappa shape index (κ2) is 16.5. The van der Waals surface area contributed by atoms with Crippen LogP contribution in [0.25, 0.3) is 104 Å². The number of rotatable bonds is 5. The van der Waals surface area contributed by atoms with Crippen LogP contribution in [0.1, 0.15) is 5.56 Å². The number of fused-ring (bicyclic) bond motifs is 5. The lowest BCUT2D eigenvalue weighted by Gasteiger charge is -2.20. The van der Waals surface area contributed by atoms with Gasteiger partial charge in [-0.2, -0.15) is 0 Å². The van der Waals surface area contributed by atoms with Gasteiger partial charge in [0.25, 0.3) is 0 Å². The molecular formula is C61H42N4. The number of aromatic nitrogens is 1. The molecule has 0 saturated carbocycles. The number of nitrogens with zero attached hydrogens (tertiary/aromatic N) is 1. The van der Waals surface area contributed by atoms with Crippen molar-refractivity contribution >= 4 is 76.5 Å². The highest BCUT2D eigenvalue weighted by molar-refractivity contribution is 6.50. The molecule has 0 spiro atoms. The molecule has 1 aromatic heterocycles. The van der Waals surface area contributed by atoms with Crippen LogP contribution in [0.3, 0.4) is 0 Å². The highest BCUT2D eigenvalue weighted by Gasteiger charge is 2.19. The van der Waals surface area contributed by atoms with Gasteiger partial charge in [0.15, 0.2) is 0 Å². The fourth-order valence-corrected chi connectivity index (χ4v) is 9.38. The number of benzene rings is 10. The molecule has 4 N–H and O–H groups in total. The predicted molar refractivity (Wildman–Crippen MR) is 277 cm³/mol. The summed E-state index contributed by atoms with van der Waals surface area (Å²) in [7, 11) is 0. The first-order valence-electron chi connectivity index (χ1n) is 21.8. The van der Waals surface area contributed by atoms with Gasteiger partial charge in [-0.05, 0) is 152 Å². The third kappa shape index (κ3) is 7.33. The van der Waals surface area contributed by atoms with Crippen LogP contribution in [0, 0.1) is 10.8 Å². The van der Waals surface area contributed by atoms with Crippen molar-refractivity contribution in [2.75, 3.05) is 5.73 Å². The Morgan fingerprint density at radius 3 is 1.45 bits per heavy atom. The minimum atomic E-state index is 0.234. The standard InChI is InChI=1S/C40H26N2.C21H16N2/c41-37-20-18-30(24-38(37)42)29-17-19-35-36(23-29)40(32-16-14-26-8-2-4-10-28(26)22-32)34-12-6-5-11-33(34)39(35)31-15-13-25-7-1-3-9-27(25)21-31;22-17-9-7-15(8-10-17)18-11-12-19(16-4-3-13-23-14-16)21-6-2-1-5-20(18)21/h1-24,41-42H;1-14H,22H2. The lowest BCUT2D eigenvalue weighted by Crippen LogP contribution is -2.09. The topological polar surface area (TPSA) is 86.6 Å². The van der Waals surface area contributed by atoms with Crippen LogP contribution in [-0.2, 0) is 0 Å². The van der Waals surface area contributed by atoms with E-state index >= 15 is 0 Å². The van der Waals surface area contributed by atoms with Gasteiger partial charge in [-0.3, -0.25) is 15.8 Å². The summed E-state index contributed by atoms with van der Waals surface area (Å²) in [4.78, 5) is 4.24. The number of nitrogen functional groups attached to an aromatic ring is 1. The van der Waals surface area contributed by atoms with Gasteiger partial charge in [-0.1, -0.05) is 170 Å². The Morgan fingerprint density at radius 2 is 0.862 bits per heavy atom. The lowest BCUT2D eigenvalue weighted by molar-refractivity contribution is 1.33. The molecule has 0 radical (unpaired) electrons. The predicted octanol–water partition coefficient (Wildman–Crippen LogP) is 15.8. The molecule has 0 bridgehead atoms. The van der Waals surface area contributed by atoms with Gasteiger partial charge in [-0.25, -0.2) is 0 Å². The quantitative estimate of drug-likeness (QED) is 0.0916. The molecule has 65 heavy (non-hydrogen) atoms. The number of hydrogen-bond acceptors (Lipinski definition) is 4. The van der Waals surface area contributed by atoms with Crippen molar-refractivity contribution in [2.24, 2.45) is 0 Å². The monoisotopic (exact) mass is 830 g/mol. The fourth-order valence-electron chi connectivity index (χ4n) is 9.38. The molecule has 306 valence electrons. The Labute approximate surface area is 377 Å². The van der Waals surface area contributed by atoms with E-state index in [1.54, 1.807) is 18.3 Å². The van der Waals surface area contributed by atoms with Crippen molar-refractivity contribution in [1.82, 2.24) is 4.98 Å². The van der Waals surface area contributed by atoms with Gasteiger partial charge < -0.3 is 5.73 Å². The Hall–Kier alpha value is -8.73. The summed E-state index contributed by atoms with van der Waals surface area (Å²) in [5.41, 5.74) is 18.6. The second-order valence-electron chi connectivity index (χ2n) is 16.5. The maximum atomic E-state index is 8.26. The van der Waals surface area contributed by atoms with Crippen LogP contribution in [0.15, 0.2) is 231 Å². The second-order valence-corrected chi connectivity index (χ2v) is 16.5. The van der Waals surface area contributed by atoms with Crippen molar-refractivity contribution in [3.8, 4) is 44.5 Å². The minimum Gasteiger partial charge on any atom is -0.399 e. The van der Waals surface area contributed by atoms with Crippen molar-refractivity contribution in [2.45, 2.75) is 0 Å². The zero-order valence-corrected chi connectivity index (χ0v) is 35.5. The lowest BCUT2D eigenvalue weighted by atomic mass is 9.84. The first-order chi connectivity index (χ1) is 32.0. The summed E-state index contributed by atoms with van der Waals surface area (Å²) in [5, 5.41) is 28.4. The summed E-state index contributed by atoms with van der Waals surface area (Å²) >= 11 is 0. The van der Waals surface area contributed by atoms with E-state index in [0.29, 0.717) is 0 Å². The van der Waals surface area contributed by atoms with Gasteiger partial charge >= 0.3 is 0 Å². The van der Waals surface area contributed by atoms with Gasteiger partial charge in [0, 0.05) is 23.6 Å². The Bertz CT molecular complexity index is 3750. The van der Waals surface area contributed by atoms with Crippen LogP contribution >= 0.6 is 0 Å². The van der Waals surface area contributed by atoms with E-state index in [9.17, 15) is 0 Å². The summed E-state index contributed by atoms with van der Waals surface area (Å²) in [6.45, 7) is 0. The summed E-state index contributed by atoms with van der Waals surface area (Å²) in [6.07, 6.45) is 9.17. The molecule has 12 rings (SSSR count). The molecule has 0 amide bonds. The summed E-state index contributed by atoms with van der Waals surface area (Å²) < 4.78 is 0. The van der Waals surface area contributed by atoms with Crippen LogP contribution in [0.4, 0.5) is 5.69 Å². The molecule has 11 aromatic rings. The number of anilines is 1. The Morgan fingerprint density at radius 1 is 0.354 bits per heavy atom. The maximum absolute atomic E-state index is 8.26. The Balaban J connectivity index is 0.000000172. The molecule has 1 aliphatic rings. The molecule has 0 saturated heterocycles. The average Bonchev–Trinajstić information content (AvgIpc) is 3.36. The average molecular weight is 831 g/mol. The molecule has 0 unspecified atom stereocenters. The Kier molecular flexibility index (Phi) is 9.95. The highest BCUT2D eigenvalue weighted by atomic mass is 14.6. The fraction of sp³-hybridized carbons (Fsp3) is 0. The smallest absolute Gasteiger partial charge is 0.0795 e. The summed E-state index contributed by atoms with van der Waals surface area (Å²) in [5.74, 6) is 0. The number of nitrogens with two attached hydrogens (primary N) is 1. The van der Waals surface area contributed by atoms with Gasteiger partial charge in [-0.15, -0.1) is 0 Å². The molecule has 0 fully saturated rings. The van der Waals surface area contributed by atoms with Gasteiger partial charge in [0.1, 0.15) is 0 Å². The molecule has 1 heterocycles. The number of allylic oxidation sites excluding steroid dienone is 4. The maximum Gasteiger partial charge on any atom is 0.0795 e. The largest absolute Gasteiger partial charge is 0.399 e. The molecule has 1 aliphatic carbocycles. The molecule has 4 heteroatoms. The third-order valence-electron chi connectivity index (χ3n) is 12.6. The van der Waals surface area contributed by atoms with Gasteiger partial charge in [0.2, 0.25) is 0 Å². The normalized spacial score (nSPS) is 12.5. The van der Waals surface area contributed by atoms with E-state index in [4.69, 9.17) is 16.6 Å². The summed E-state index contributed by atoms with van der Waals surface area (Å²) in [6, 6.07) is 70.9. The first-order valence-corrected chi connectivity index (χ1v) is 21.8. The van der Waals surface area contributed by atoms with E-state index < -0.39 is 0 Å². The van der Waals surface area contributed by atoms with Gasteiger partial charge in [0.05, 0.1) is 11.4 Å². The van der Waals surface area contributed by atoms with E-state index in [2.05, 4.69) is 187 Å². The van der Waals surface area contributed by atoms with E-state index in [1.807, 2.05) is 30.5 Å². The molecular weight excluding hydrogens is 789 g/mol. The highest BCUT2D eigenvalue weighted by Crippen LogP contribution is 2.45. The van der Waals surface area contributed by atoms with E-state index in [1.165, 1.54) is 92.8 Å². The van der Waals surface area contributed by atoms with E-state index in [0.717, 1.165) is 22.4 Å². The first kappa shape index (κ1) is 39.1. The van der Waals surface area contributed by atoms with Crippen molar-refractivity contribution in [3.05, 3.63) is 236 Å². The number of nitrogens with one attached hydrogen (secondary N) is 2. The molecule has 10 aromatic carbocycles. The minimum absolute atomic E-state index is 0.234. The molecule has 0 atom stereocenters. The van der Waals surface area contributed by atoms with Crippen molar-refractivity contribution in [1.29, 1.82) is 10.8 Å². The van der Waals surface area contributed by atoms with Crippen LogP contribution in [0.5, 0.6) is 0 Å². The van der Waals surface area contributed by atoms with E-state index in [-0.39, 0.29) is 11.4 Å². The number of pyridine rings is 1. The van der Waals surface area contributed by atoms with Crippen molar-refractivity contribution < 1.29 is 0 Å². The zero-order valence-electron chi connectivity index (χ0n) is 35.5.